The van der Waals surface area contributed by atoms with Gasteiger partial charge in [-0.1, -0.05) is 0 Å². The molecule has 0 amide bonds. The van der Waals surface area contributed by atoms with Crippen LogP contribution in [-0.4, -0.2) is 44.8 Å². The summed E-state index contributed by atoms with van der Waals surface area (Å²) in [6.07, 6.45) is 0. The number of aromatic amines is 1. The highest BCUT2D eigenvalue weighted by Gasteiger charge is 2.26. The van der Waals surface area contributed by atoms with E-state index in [2.05, 4.69) is 39.2 Å². The second kappa shape index (κ2) is 4.06. The highest BCUT2D eigenvalue weighted by molar-refractivity contribution is 5.52. The van der Waals surface area contributed by atoms with E-state index in [-0.39, 0.29) is 11.2 Å². The number of rotatable bonds is 1. The highest BCUT2D eigenvalue weighted by atomic mass is 16.1. The number of nitrogens with one attached hydrogen (secondary N) is 2. The van der Waals surface area contributed by atoms with Gasteiger partial charge in [0, 0.05) is 31.2 Å². The Labute approximate surface area is 110 Å². The molecule has 2 aromatic heterocycles. The molecule has 102 valence electrons. The van der Waals surface area contributed by atoms with Crippen LogP contribution in [-0.2, 0) is 0 Å². The van der Waals surface area contributed by atoms with Gasteiger partial charge in [-0.05, 0) is 20.8 Å². The number of hydrogen-bond donors (Lipinski definition) is 2. The number of anilines is 1. The van der Waals surface area contributed by atoms with Crippen LogP contribution in [0.3, 0.4) is 0 Å². The molecule has 7 nitrogen and oxygen atoms in total. The molecule has 2 N–H and O–H groups in total. The summed E-state index contributed by atoms with van der Waals surface area (Å²) < 4.78 is 1.48. The van der Waals surface area contributed by atoms with E-state index in [1.165, 1.54) is 4.40 Å². The average molecular weight is 262 g/mol. The summed E-state index contributed by atoms with van der Waals surface area (Å²) in [4.78, 5) is 18.3. The largest absolute Gasteiger partial charge is 0.353 e. The van der Waals surface area contributed by atoms with Gasteiger partial charge in [-0.15, -0.1) is 0 Å². The fraction of sp³-hybridized carbons (Fsp3) is 0.583. The first-order chi connectivity index (χ1) is 8.96. The minimum absolute atomic E-state index is 0.0607. The number of piperazine rings is 1. The van der Waals surface area contributed by atoms with Gasteiger partial charge in [0.15, 0.2) is 5.65 Å². The molecule has 1 aliphatic heterocycles. The van der Waals surface area contributed by atoms with Gasteiger partial charge >= 0.3 is 5.69 Å². The Balaban J connectivity index is 2.03. The minimum atomic E-state index is -0.243. The third kappa shape index (κ3) is 2.10. The van der Waals surface area contributed by atoms with Crippen LogP contribution < -0.4 is 15.9 Å². The fourth-order valence-electron chi connectivity index (χ4n) is 2.58. The van der Waals surface area contributed by atoms with Crippen molar-refractivity contribution in [3.63, 3.8) is 0 Å². The number of H-pyrrole nitrogens is 1. The van der Waals surface area contributed by atoms with Crippen molar-refractivity contribution >= 4 is 11.5 Å². The summed E-state index contributed by atoms with van der Waals surface area (Å²) in [5.41, 5.74) is 0.432. The summed E-state index contributed by atoms with van der Waals surface area (Å²) in [5.74, 6) is 1.53. The summed E-state index contributed by atoms with van der Waals surface area (Å²) in [7, 11) is 0. The third-order valence-electron chi connectivity index (χ3n) is 3.45. The van der Waals surface area contributed by atoms with E-state index < -0.39 is 0 Å². The van der Waals surface area contributed by atoms with Crippen molar-refractivity contribution in [2.45, 2.75) is 26.3 Å². The Kier molecular flexibility index (Phi) is 2.60. The Bertz CT molecular complexity index is 670. The maximum atomic E-state index is 11.6. The normalized spacial score (nSPS) is 19.0. The first-order valence-electron chi connectivity index (χ1n) is 6.41. The molecule has 3 rings (SSSR count). The van der Waals surface area contributed by atoms with E-state index in [9.17, 15) is 4.79 Å². The zero-order valence-electron chi connectivity index (χ0n) is 11.4. The van der Waals surface area contributed by atoms with Crippen molar-refractivity contribution < 1.29 is 0 Å². The lowest BCUT2D eigenvalue weighted by molar-refractivity contribution is 0.351. The summed E-state index contributed by atoms with van der Waals surface area (Å²) in [6, 6.07) is 1.85. The molecule has 2 aromatic rings. The van der Waals surface area contributed by atoms with Crippen molar-refractivity contribution in [3.05, 3.63) is 22.4 Å². The molecule has 3 heterocycles. The number of nitrogens with zero attached hydrogens (tertiary/aromatic N) is 4. The standard InChI is InChI=1S/C12H18N6O/c1-8-14-9(6-10-15-16-11(19)18(8)10)17-5-4-13-12(2,3)7-17/h6,13H,4-5,7H2,1-3H3,(H,16,19). The third-order valence-corrected chi connectivity index (χ3v) is 3.45. The minimum Gasteiger partial charge on any atom is -0.353 e. The molecule has 0 radical (unpaired) electrons. The Morgan fingerprint density at radius 1 is 1.42 bits per heavy atom. The van der Waals surface area contributed by atoms with E-state index in [1.54, 1.807) is 0 Å². The SMILES string of the molecule is Cc1nc(N2CCNC(C)(C)C2)cc2n[nH]c(=O)n12. The van der Waals surface area contributed by atoms with Crippen molar-refractivity contribution in [2.24, 2.45) is 0 Å². The van der Waals surface area contributed by atoms with Gasteiger partial charge in [0.1, 0.15) is 11.6 Å². The first kappa shape index (κ1) is 12.2. The smallest absolute Gasteiger partial charge is 0.349 e. The molecule has 1 saturated heterocycles. The van der Waals surface area contributed by atoms with Crippen LogP contribution in [0.25, 0.3) is 5.65 Å². The van der Waals surface area contributed by atoms with Gasteiger partial charge in [-0.2, -0.15) is 5.10 Å². The molecule has 0 unspecified atom stereocenters. The molecule has 0 aromatic carbocycles. The van der Waals surface area contributed by atoms with Crippen LogP contribution in [0.2, 0.25) is 0 Å². The predicted molar refractivity (Wildman–Crippen MR) is 72.6 cm³/mol. The Morgan fingerprint density at radius 2 is 2.21 bits per heavy atom. The van der Waals surface area contributed by atoms with Crippen LogP contribution in [0.15, 0.2) is 10.9 Å². The highest BCUT2D eigenvalue weighted by Crippen LogP contribution is 2.19. The van der Waals surface area contributed by atoms with Gasteiger partial charge in [0.2, 0.25) is 0 Å². The maximum absolute atomic E-state index is 11.6. The van der Waals surface area contributed by atoms with Gasteiger partial charge in [-0.25, -0.2) is 19.3 Å². The van der Waals surface area contributed by atoms with Crippen LogP contribution in [0.4, 0.5) is 5.82 Å². The van der Waals surface area contributed by atoms with E-state index in [1.807, 2.05) is 13.0 Å². The summed E-state index contributed by atoms with van der Waals surface area (Å²) >= 11 is 0. The zero-order valence-corrected chi connectivity index (χ0v) is 11.4. The lowest BCUT2D eigenvalue weighted by Crippen LogP contribution is -2.57. The van der Waals surface area contributed by atoms with Crippen LogP contribution in [0.5, 0.6) is 0 Å². The van der Waals surface area contributed by atoms with Crippen molar-refractivity contribution in [3.8, 4) is 0 Å². The molecular formula is C12H18N6O. The van der Waals surface area contributed by atoms with Gasteiger partial charge < -0.3 is 10.2 Å². The Morgan fingerprint density at radius 3 is 2.95 bits per heavy atom. The van der Waals surface area contributed by atoms with E-state index in [4.69, 9.17) is 0 Å². The molecular weight excluding hydrogens is 244 g/mol. The monoisotopic (exact) mass is 262 g/mol. The van der Waals surface area contributed by atoms with E-state index in [0.717, 1.165) is 25.5 Å². The molecule has 1 aliphatic rings. The zero-order chi connectivity index (χ0) is 13.6. The van der Waals surface area contributed by atoms with E-state index in [0.29, 0.717) is 11.5 Å². The van der Waals surface area contributed by atoms with Crippen molar-refractivity contribution in [1.82, 2.24) is 24.9 Å². The fourth-order valence-corrected chi connectivity index (χ4v) is 2.58. The molecule has 0 spiro atoms. The van der Waals surface area contributed by atoms with Gasteiger partial charge in [-0.3, -0.25) is 0 Å². The van der Waals surface area contributed by atoms with E-state index >= 15 is 0 Å². The lowest BCUT2D eigenvalue weighted by Gasteiger charge is -2.39. The lowest BCUT2D eigenvalue weighted by atomic mass is 10.0. The van der Waals surface area contributed by atoms with Gasteiger partial charge in [0.25, 0.3) is 0 Å². The van der Waals surface area contributed by atoms with Crippen LogP contribution in [0, 0.1) is 6.92 Å². The first-order valence-corrected chi connectivity index (χ1v) is 6.41. The molecule has 0 bridgehead atoms. The molecule has 1 fully saturated rings. The topological polar surface area (TPSA) is 78.3 Å². The van der Waals surface area contributed by atoms with Crippen molar-refractivity contribution in [2.75, 3.05) is 24.5 Å². The number of aryl methyl sites for hydroxylation is 1. The molecule has 0 aliphatic carbocycles. The molecule has 7 heteroatoms. The molecule has 0 atom stereocenters. The molecule has 19 heavy (non-hydrogen) atoms. The summed E-state index contributed by atoms with van der Waals surface area (Å²) in [6.45, 7) is 8.87. The second-order valence-corrected chi connectivity index (χ2v) is 5.62. The average Bonchev–Trinajstić information content (AvgIpc) is 2.70. The van der Waals surface area contributed by atoms with Crippen LogP contribution >= 0.6 is 0 Å². The van der Waals surface area contributed by atoms with Crippen molar-refractivity contribution in [1.29, 1.82) is 0 Å². The predicted octanol–water partition coefficient (Wildman–Crippen LogP) is -0.0858. The maximum Gasteiger partial charge on any atom is 0.349 e. The number of fused-ring (bicyclic) bond motifs is 1. The Hall–Kier alpha value is -1.89. The second-order valence-electron chi connectivity index (χ2n) is 5.62. The number of hydrogen-bond acceptors (Lipinski definition) is 5. The molecule has 0 saturated carbocycles. The van der Waals surface area contributed by atoms with Gasteiger partial charge in [0.05, 0.1) is 0 Å². The summed E-state index contributed by atoms with van der Waals surface area (Å²) in [5, 5.41) is 9.93. The van der Waals surface area contributed by atoms with Crippen LogP contribution in [0.1, 0.15) is 19.7 Å². The number of aromatic nitrogens is 4. The quantitative estimate of drug-likeness (QED) is 0.751.